The number of carboxylic acids is 1. The monoisotopic (exact) mass is 190 g/mol. The number of ether oxygens (including phenoxy) is 1. The van der Waals surface area contributed by atoms with Crippen LogP contribution in [0.5, 0.6) is 0 Å². The second-order valence-electron chi connectivity index (χ2n) is 2.39. The molecule has 0 amide bonds. The van der Waals surface area contributed by atoms with Gasteiger partial charge in [-0.2, -0.15) is 0 Å². The van der Waals surface area contributed by atoms with Gasteiger partial charge in [-0.25, -0.2) is 9.59 Å². The SMILES string of the molecule is C#COC(=O)c1cccc(C(=O)O)c1. The van der Waals surface area contributed by atoms with Crippen LogP contribution in [0.2, 0.25) is 0 Å². The van der Waals surface area contributed by atoms with E-state index in [0.29, 0.717) is 0 Å². The summed E-state index contributed by atoms with van der Waals surface area (Å²) in [5.74, 6) is -1.85. The van der Waals surface area contributed by atoms with Crippen LogP contribution in [-0.4, -0.2) is 17.0 Å². The summed E-state index contributed by atoms with van der Waals surface area (Å²) in [4.78, 5) is 21.6. The molecular weight excluding hydrogens is 184 g/mol. The van der Waals surface area contributed by atoms with Crippen LogP contribution in [-0.2, 0) is 4.74 Å². The minimum Gasteiger partial charge on any atom is -0.478 e. The maximum atomic E-state index is 11.1. The lowest BCUT2D eigenvalue weighted by atomic mass is 10.1. The van der Waals surface area contributed by atoms with E-state index in [-0.39, 0.29) is 11.1 Å². The van der Waals surface area contributed by atoms with Gasteiger partial charge < -0.3 is 9.84 Å². The quantitative estimate of drug-likeness (QED) is 0.560. The van der Waals surface area contributed by atoms with Gasteiger partial charge in [-0.3, -0.25) is 0 Å². The molecule has 0 unspecified atom stereocenters. The van der Waals surface area contributed by atoms with E-state index in [2.05, 4.69) is 4.74 Å². The van der Waals surface area contributed by atoms with Crippen LogP contribution in [0.1, 0.15) is 20.7 Å². The number of carbonyl (C=O) groups is 2. The first-order chi connectivity index (χ1) is 6.65. The summed E-state index contributed by atoms with van der Waals surface area (Å²) >= 11 is 0. The predicted molar refractivity (Wildman–Crippen MR) is 47.6 cm³/mol. The van der Waals surface area contributed by atoms with Crippen molar-refractivity contribution in [2.24, 2.45) is 0 Å². The summed E-state index contributed by atoms with van der Waals surface area (Å²) in [5.41, 5.74) is 0.124. The fourth-order valence-corrected chi connectivity index (χ4v) is 0.892. The Morgan fingerprint density at radius 1 is 1.36 bits per heavy atom. The van der Waals surface area contributed by atoms with E-state index in [1.54, 1.807) is 6.11 Å². The molecule has 0 aliphatic heterocycles. The van der Waals surface area contributed by atoms with Gasteiger partial charge in [0.2, 0.25) is 0 Å². The normalized spacial score (nSPS) is 8.79. The molecule has 0 heterocycles. The van der Waals surface area contributed by atoms with Crippen molar-refractivity contribution in [3.05, 3.63) is 35.4 Å². The molecule has 0 aromatic heterocycles. The third-order valence-corrected chi connectivity index (χ3v) is 1.50. The summed E-state index contributed by atoms with van der Waals surface area (Å²) in [6, 6.07) is 5.43. The van der Waals surface area contributed by atoms with Gasteiger partial charge in [0.25, 0.3) is 0 Å². The molecule has 0 saturated heterocycles. The average Bonchev–Trinajstić information content (AvgIpc) is 2.18. The largest absolute Gasteiger partial charge is 0.478 e. The zero-order valence-corrected chi connectivity index (χ0v) is 7.06. The molecule has 0 aliphatic rings. The average molecular weight is 190 g/mol. The summed E-state index contributed by atoms with van der Waals surface area (Å²) in [6.45, 7) is 0. The second kappa shape index (κ2) is 4.10. The second-order valence-corrected chi connectivity index (χ2v) is 2.39. The Morgan fingerprint density at radius 2 is 2.00 bits per heavy atom. The Labute approximate surface area is 80.1 Å². The fraction of sp³-hybridized carbons (Fsp3) is 0. The number of rotatable bonds is 2. The van der Waals surface area contributed by atoms with E-state index in [1.165, 1.54) is 24.3 Å². The topological polar surface area (TPSA) is 63.6 Å². The van der Waals surface area contributed by atoms with Crippen molar-refractivity contribution in [1.82, 2.24) is 0 Å². The molecule has 0 saturated carbocycles. The third-order valence-electron chi connectivity index (χ3n) is 1.50. The first kappa shape index (κ1) is 9.81. The first-order valence-electron chi connectivity index (χ1n) is 3.65. The highest BCUT2D eigenvalue weighted by Crippen LogP contribution is 2.06. The Bertz CT molecular complexity index is 414. The molecule has 1 rings (SSSR count). The minimum atomic E-state index is -1.11. The number of esters is 1. The number of aromatic carboxylic acids is 1. The highest BCUT2D eigenvalue weighted by molar-refractivity contribution is 5.94. The van der Waals surface area contributed by atoms with E-state index in [1.807, 2.05) is 0 Å². The van der Waals surface area contributed by atoms with Gasteiger partial charge in [0.05, 0.1) is 11.1 Å². The van der Waals surface area contributed by atoms with E-state index >= 15 is 0 Å². The Morgan fingerprint density at radius 3 is 2.57 bits per heavy atom. The molecule has 0 spiro atoms. The highest BCUT2D eigenvalue weighted by Gasteiger charge is 2.09. The van der Waals surface area contributed by atoms with Gasteiger partial charge in [-0.15, -0.1) is 0 Å². The standard InChI is InChI=1S/C10H6O4/c1-2-14-10(13)8-5-3-4-7(6-8)9(11)12/h1,3-6H,(H,11,12). The van der Waals surface area contributed by atoms with Crippen molar-refractivity contribution >= 4 is 11.9 Å². The molecule has 1 aromatic carbocycles. The molecule has 14 heavy (non-hydrogen) atoms. The highest BCUT2D eigenvalue weighted by atomic mass is 16.5. The van der Waals surface area contributed by atoms with Crippen LogP contribution in [0.25, 0.3) is 0 Å². The van der Waals surface area contributed by atoms with Crippen molar-refractivity contribution < 1.29 is 19.4 Å². The Balaban J connectivity index is 3.01. The summed E-state index contributed by atoms with van der Waals surface area (Å²) in [7, 11) is 0. The maximum Gasteiger partial charge on any atom is 0.352 e. The fourth-order valence-electron chi connectivity index (χ4n) is 0.892. The maximum absolute atomic E-state index is 11.1. The molecule has 0 fully saturated rings. The number of hydrogen-bond acceptors (Lipinski definition) is 3. The van der Waals surface area contributed by atoms with Gasteiger partial charge in [-0.05, 0) is 18.2 Å². The summed E-state index contributed by atoms with van der Waals surface area (Å²) in [5, 5.41) is 8.63. The molecule has 0 radical (unpaired) electrons. The lowest BCUT2D eigenvalue weighted by molar-refractivity contribution is 0.0691. The predicted octanol–water partition coefficient (Wildman–Crippen LogP) is 1.13. The van der Waals surface area contributed by atoms with Crippen molar-refractivity contribution in [1.29, 1.82) is 0 Å². The zero-order valence-electron chi connectivity index (χ0n) is 7.06. The van der Waals surface area contributed by atoms with Crippen LogP contribution in [0.15, 0.2) is 24.3 Å². The van der Waals surface area contributed by atoms with E-state index in [9.17, 15) is 9.59 Å². The molecule has 1 aromatic rings. The third kappa shape index (κ3) is 2.11. The molecule has 70 valence electrons. The Kier molecular flexibility index (Phi) is 2.87. The lowest BCUT2D eigenvalue weighted by Gasteiger charge is -1.98. The van der Waals surface area contributed by atoms with Gasteiger partial charge in [-0.1, -0.05) is 12.5 Å². The molecule has 4 heteroatoms. The number of terminal acetylenes is 1. The molecule has 1 N–H and O–H groups in total. The van der Waals surface area contributed by atoms with Crippen LogP contribution >= 0.6 is 0 Å². The van der Waals surface area contributed by atoms with Crippen molar-refractivity contribution in [3.8, 4) is 12.5 Å². The summed E-state index contributed by atoms with van der Waals surface area (Å²) in [6.07, 6.45) is 6.47. The van der Waals surface area contributed by atoms with E-state index in [0.717, 1.165) is 0 Å². The van der Waals surface area contributed by atoms with Crippen LogP contribution < -0.4 is 0 Å². The number of carbonyl (C=O) groups excluding carboxylic acids is 1. The molecule has 0 aliphatic carbocycles. The zero-order chi connectivity index (χ0) is 10.6. The number of benzene rings is 1. The van der Waals surface area contributed by atoms with Crippen molar-refractivity contribution in [2.75, 3.05) is 0 Å². The van der Waals surface area contributed by atoms with E-state index < -0.39 is 11.9 Å². The number of carboxylic acid groups (broad SMARTS) is 1. The first-order valence-corrected chi connectivity index (χ1v) is 3.65. The molecule has 4 nitrogen and oxygen atoms in total. The minimum absolute atomic E-state index is 0.0106. The van der Waals surface area contributed by atoms with Crippen LogP contribution in [0.3, 0.4) is 0 Å². The molecule has 0 bridgehead atoms. The summed E-state index contributed by atoms with van der Waals surface area (Å²) < 4.78 is 4.26. The Hall–Kier alpha value is -2.28. The van der Waals surface area contributed by atoms with Crippen molar-refractivity contribution in [2.45, 2.75) is 0 Å². The van der Waals surface area contributed by atoms with Gasteiger partial charge in [0.1, 0.15) is 6.11 Å². The van der Waals surface area contributed by atoms with Crippen molar-refractivity contribution in [3.63, 3.8) is 0 Å². The van der Waals surface area contributed by atoms with Gasteiger partial charge in [0, 0.05) is 0 Å². The van der Waals surface area contributed by atoms with Gasteiger partial charge >= 0.3 is 11.9 Å². The molecule has 0 atom stereocenters. The number of hydrogen-bond donors (Lipinski definition) is 1. The van der Waals surface area contributed by atoms with Crippen LogP contribution in [0.4, 0.5) is 0 Å². The lowest BCUT2D eigenvalue weighted by Crippen LogP contribution is -2.03. The van der Waals surface area contributed by atoms with Gasteiger partial charge in [0.15, 0.2) is 0 Å². The van der Waals surface area contributed by atoms with E-state index in [4.69, 9.17) is 11.5 Å². The van der Waals surface area contributed by atoms with Crippen LogP contribution in [0, 0.1) is 12.5 Å². The molecular formula is C10H6O4. The smallest absolute Gasteiger partial charge is 0.352 e.